The Balaban J connectivity index is 2.20. The standard InChI is InChI=1S/C32H58N12O5/c1-19(2)26(44-29(47)23(12-8-14-39-32(36)37)41-28(46)22(34)11-6-7-13-33)31(49)43-25(16-21-17-38-18-40-21)30(48)42-24(27(35)45)15-20-9-4-3-5-10-20/h17-20,22-26H,3-16,33-34H2,1-2H3,(H2,35,45)(H,38,40)(H,41,46)(H,42,48)(H,43,49)(H,44,47)(H4,36,37,39)/t22-,23-,24-,25-,26-/m0/s1. The molecule has 1 heterocycles. The number of hydrogen-bond donors (Lipinski definition) is 10. The Morgan fingerprint density at radius 2 is 1.51 bits per heavy atom. The van der Waals surface area contributed by atoms with Gasteiger partial charge in [-0.15, -0.1) is 0 Å². The molecule has 15 N–H and O–H groups in total. The summed E-state index contributed by atoms with van der Waals surface area (Å²) in [4.78, 5) is 77.1. The van der Waals surface area contributed by atoms with Crippen molar-refractivity contribution >= 4 is 35.5 Å². The van der Waals surface area contributed by atoms with Gasteiger partial charge in [0.05, 0.1) is 12.4 Å². The molecular formula is C32H58N12O5. The van der Waals surface area contributed by atoms with Crippen LogP contribution >= 0.6 is 0 Å². The number of aromatic amines is 1. The zero-order chi connectivity index (χ0) is 36.3. The highest BCUT2D eigenvalue weighted by molar-refractivity contribution is 5.96. The normalized spacial score (nSPS) is 16.4. The molecular weight excluding hydrogens is 632 g/mol. The Labute approximate surface area is 288 Å². The Bertz CT molecular complexity index is 1220. The fourth-order valence-electron chi connectivity index (χ4n) is 5.84. The van der Waals surface area contributed by atoms with Gasteiger partial charge in [0.15, 0.2) is 5.96 Å². The highest BCUT2D eigenvalue weighted by atomic mass is 16.2. The van der Waals surface area contributed by atoms with Crippen LogP contribution in [0.25, 0.3) is 0 Å². The molecule has 1 fully saturated rings. The quantitative estimate of drug-likeness (QED) is 0.0382. The van der Waals surface area contributed by atoms with Gasteiger partial charge in [-0.05, 0) is 50.5 Å². The minimum Gasteiger partial charge on any atom is -0.370 e. The van der Waals surface area contributed by atoms with Crippen LogP contribution in [0, 0.1) is 11.8 Å². The lowest BCUT2D eigenvalue weighted by Crippen LogP contribution is -2.60. The highest BCUT2D eigenvalue weighted by Gasteiger charge is 2.33. The number of unbranched alkanes of at least 4 members (excludes halogenated alkanes) is 1. The van der Waals surface area contributed by atoms with Gasteiger partial charge >= 0.3 is 0 Å². The first-order valence-corrected chi connectivity index (χ1v) is 17.3. The number of guanidine groups is 1. The Morgan fingerprint density at radius 3 is 2.10 bits per heavy atom. The summed E-state index contributed by atoms with van der Waals surface area (Å²) in [6.45, 7) is 4.17. The molecule has 0 saturated heterocycles. The number of nitrogens with zero attached hydrogens (tertiary/aromatic N) is 2. The van der Waals surface area contributed by atoms with Gasteiger partial charge in [0.25, 0.3) is 0 Å². The summed E-state index contributed by atoms with van der Waals surface area (Å²) in [5.41, 5.74) is 28.7. The van der Waals surface area contributed by atoms with Crippen molar-refractivity contribution < 1.29 is 24.0 Å². The van der Waals surface area contributed by atoms with Gasteiger partial charge in [0, 0.05) is 24.9 Å². The zero-order valence-electron chi connectivity index (χ0n) is 28.9. The van der Waals surface area contributed by atoms with E-state index in [2.05, 4.69) is 36.2 Å². The monoisotopic (exact) mass is 690 g/mol. The molecule has 0 aromatic carbocycles. The number of aromatic nitrogens is 2. The molecule has 0 unspecified atom stereocenters. The van der Waals surface area contributed by atoms with Gasteiger partial charge in [-0.2, -0.15) is 0 Å². The van der Waals surface area contributed by atoms with Crippen LogP contribution in [0.4, 0.5) is 0 Å². The van der Waals surface area contributed by atoms with Crippen molar-refractivity contribution in [2.24, 2.45) is 45.5 Å². The molecule has 17 heteroatoms. The topological polar surface area (TPSA) is 305 Å². The van der Waals surface area contributed by atoms with E-state index in [-0.39, 0.29) is 31.3 Å². The van der Waals surface area contributed by atoms with Crippen molar-refractivity contribution in [3.05, 3.63) is 18.2 Å². The minimum atomic E-state index is -1.12. The number of aliphatic imine (C=N–C) groups is 1. The molecule has 1 aromatic heterocycles. The molecule has 1 aliphatic rings. The van der Waals surface area contributed by atoms with Crippen molar-refractivity contribution in [1.29, 1.82) is 0 Å². The van der Waals surface area contributed by atoms with Gasteiger partial charge in [-0.3, -0.25) is 29.0 Å². The van der Waals surface area contributed by atoms with Crippen LogP contribution in [0.2, 0.25) is 0 Å². The number of primary amides is 1. The predicted octanol–water partition coefficient (Wildman–Crippen LogP) is -1.49. The summed E-state index contributed by atoms with van der Waals surface area (Å²) < 4.78 is 0. The van der Waals surface area contributed by atoms with Crippen molar-refractivity contribution in [2.45, 2.75) is 121 Å². The number of rotatable bonds is 22. The number of hydrogen-bond acceptors (Lipinski definition) is 9. The second-order valence-corrected chi connectivity index (χ2v) is 13.2. The highest BCUT2D eigenvalue weighted by Crippen LogP contribution is 2.27. The van der Waals surface area contributed by atoms with Crippen LogP contribution in [-0.4, -0.2) is 88.8 Å². The van der Waals surface area contributed by atoms with Crippen LogP contribution in [0.5, 0.6) is 0 Å². The summed E-state index contributed by atoms with van der Waals surface area (Å²) in [6, 6.07) is -5.01. The van der Waals surface area contributed by atoms with Gasteiger partial charge in [-0.25, -0.2) is 4.98 Å². The lowest BCUT2D eigenvalue weighted by Gasteiger charge is -2.29. The van der Waals surface area contributed by atoms with Crippen molar-refractivity contribution in [3.8, 4) is 0 Å². The first-order valence-electron chi connectivity index (χ1n) is 17.3. The fraction of sp³-hybridized carbons (Fsp3) is 0.719. The molecule has 5 amide bonds. The SMILES string of the molecule is CC(C)[C@H](NC(=O)[C@H](CCCN=C(N)N)NC(=O)[C@@H](N)CCCCN)C(=O)N[C@@H](Cc1cnc[nH]1)C(=O)N[C@@H](CC1CCCCC1)C(N)=O. The predicted molar refractivity (Wildman–Crippen MR) is 186 cm³/mol. The van der Waals surface area contributed by atoms with Crippen LogP contribution in [0.15, 0.2) is 17.5 Å². The van der Waals surface area contributed by atoms with Crippen LogP contribution < -0.4 is 49.9 Å². The Morgan fingerprint density at radius 1 is 0.857 bits per heavy atom. The average molecular weight is 691 g/mol. The van der Waals surface area contributed by atoms with Gasteiger partial charge in [-0.1, -0.05) is 52.4 Å². The van der Waals surface area contributed by atoms with Crippen molar-refractivity contribution in [3.63, 3.8) is 0 Å². The molecule has 1 saturated carbocycles. The summed E-state index contributed by atoms with van der Waals surface area (Å²) in [5.74, 6) is -3.25. The number of nitrogens with two attached hydrogens (primary N) is 5. The van der Waals surface area contributed by atoms with E-state index in [1.54, 1.807) is 13.8 Å². The maximum absolute atomic E-state index is 13.7. The number of carbonyl (C=O) groups excluding carboxylic acids is 5. The molecule has 276 valence electrons. The first-order chi connectivity index (χ1) is 23.3. The van der Waals surface area contributed by atoms with Crippen molar-refractivity contribution in [1.82, 2.24) is 31.2 Å². The van der Waals surface area contributed by atoms with E-state index in [9.17, 15) is 24.0 Å². The van der Waals surface area contributed by atoms with E-state index in [4.69, 9.17) is 28.7 Å². The van der Waals surface area contributed by atoms with E-state index < -0.39 is 65.7 Å². The lowest BCUT2D eigenvalue weighted by molar-refractivity contribution is -0.135. The maximum atomic E-state index is 13.7. The van der Waals surface area contributed by atoms with Crippen LogP contribution in [0.1, 0.15) is 90.2 Å². The summed E-state index contributed by atoms with van der Waals surface area (Å²) in [7, 11) is 0. The molecule has 17 nitrogen and oxygen atoms in total. The van der Waals surface area contributed by atoms with E-state index in [0.29, 0.717) is 44.3 Å². The fourth-order valence-corrected chi connectivity index (χ4v) is 5.84. The Hall–Kier alpha value is -4.25. The van der Waals surface area contributed by atoms with Crippen molar-refractivity contribution in [2.75, 3.05) is 13.1 Å². The summed E-state index contributed by atoms with van der Waals surface area (Å²) in [5, 5.41) is 10.9. The summed E-state index contributed by atoms with van der Waals surface area (Å²) >= 11 is 0. The number of nitrogens with one attached hydrogen (secondary N) is 5. The molecule has 0 radical (unpaired) electrons. The van der Waals surface area contributed by atoms with E-state index in [0.717, 1.165) is 32.1 Å². The molecule has 0 bridgehead atoms. The molecule has 0 spiro atoms. The number of H-pyrrole nitrogens is 1. The second kappa shape index (κ2) is 21.7. The Kier molecular flexibility index (Phi) is 18.1. The number of carbonyl (C=O) groups is 5. The van der Waals surface area contributed by atoms with E-state index in [1.165, 1.54) is 12.5 Å². The maximum Gasteiger partial charge on any atom is 0.243 e. The van der Waals surface area contributed by atoms with E-state index in [1.807, 2.05) is 0 Å². The first kappa shape index (κ1) is 40.9. The third-order valence-corrected chi connectivity index (χ3v) is 8.70. The second-order valence-electron chi connectivity index (χ2n) is 13.2. The zero-order valence-corrected chi connectivity index (χ0v) is 28.9. The number of amides is 5. The third-order valence-electron chi connectivity index (χ3n) is 8.70. The minimum absolute atomic E-state index is 0.0385. The molecule has 49 heavy (non-hydrogen) atoms. The van der Waals surface area contributed by atoms with Crippen LogP contribution in [0.3, 0.4) is 0 Å². The van der Waals surface area contributed by atoms with Gasteiger partial charge in [0.2, 0.25) is 29.5 Å². The van der Waals surface area contributed by atoms with Crippen LogP contribution in [-0.2, 0) is 30.4 Å². The van der Waals surface area contributed by atoms with Gasteiger partial charge < -0.3 is 54.9 Å². The number of imidazole rings is 1. The van der Waals surface area contributed by atoms with Gasteiger partial charge in [0.1, 0.15) is 24.2 Å². The molecule has 0 aliphatic heterocycles. The lowest BCUT2D eigenvalue weighted by atomic mass is 9.84. The van der Waals surface area contributed by atoms with E-state index >= 15 is 0 Å². The molecule has 2 rings (SSSR count). The molecule has 5 atom stereocenters. The molecule has 1 aliphatic carbocycles. The molecule has 1 aromatic rings. The third kappa shape index (κ3) is 15.2. The summed E-state index contributed by atoms with van der Waals surface area (Å²) in [6.07, 6.45) is 10.9. The average Bonchev–Trinajstić information content (AvgIpc) is 3.57. The smallest absolute Gasteiger partial charge is 0.243 e. The largest absolute Gasteiger partial charge is 0.370 e.